The van der Waals surface area contributed by atoms with Gasteiger partial charge in [-0.3, -0.25) is 4.90 Å². The number of aliphatic hydroxyl groups excluding tert-OH is 1. The summed E-state index contributed by atoms with van der Waals surface area (Å²) in [5.41, 5.74) is 0. The molecule has 0 spiro atoms. The highest BCUT2D eigenvalue weighted by molar-refractivity contribution is 5.02. The van der Waals surface area contributed by atoms with Crippen LogP contribution in [-0.4, -0.2) is 53.2 Å². The predicted molar refractivity (Wildman–Crippen MR) is 54.4 cm³/mol. The molecule has 15 heavy (non-hydrogen) atoms. The van der Waals surface area contributed by atoms with Crippen LogP contribution < -0.4 is 0 Å². The second-order valence-corrected chi connectivity index (χ2v) is 5.34. The summed E-state index contributed by atoms with van der Waals surface area (Å²) in [7, 11) is 0. The maximum Gasteiger partial charge on any atom is 0.163 e. The molecule has 0 aromatic rings. The van der Waals surface area contributed by atoms with E-state index in [9.17, 15) is 5.11 Å². The van der Waals surface area contributed by atoms with Crippen molar-refractivity contribution in [3.05, 3.63) is 0 Å². The zero-order chi connectivity index (χ0) is 10.6. The molecular weight excluding hydrogens is 194 g/mol. The first kappa shape index (κ1) is 10.0. The molecule has 0 radical (unpaired) electrons. The molecule has 0 aliphatic carbocycles. The van der Waals surface area contributed by atoms with Crippen LogP contribution in [0.15, 0.2) is 0 Å². The van der Waals surface area contributed by atoms with E-state index in [2.05, 4.69) is 4.90 Å². The van der Waals surface area contributed by atoms with Crippen molar-refractivity contribution in [2.24, 2.45) is 0 Å². The summed E-state index contributed by atoms with van der Waals surface area (Å²) < 4.78 is 11.7. The Morgan fingerprint density at radius 3 is 2.80 bits per heavy atom. The number of hydrogen-bond donors (Lipinski definition) is 1. The van der Waals surface area contributed by atoms with Gasteiger partial charge in [0.2, 0.25) is 0 Å². The van der Waals surface area contributed by atoms with Gasteiger partial charge in [0.05, 0.1) is 6.10 Å². The zero-order valence-electron chi connectivity index (χ0n) is 9.35. The molecule has 4 atom stereocenters. The van der Waals surface area contributed by atoms with Crippen LogP contribution in [0.1, 0.15) is 26.7 Å². The molecule has 3 saturated heterocycles. The minimum absolute atomic E-state index is 0.0613. The van der Waals surface area contributed by atoms with Gasteiger partial charge in [0.1, 0.15) is 12.2 Å². The van der Waals surface area contributed by atoms with E-state index >= 15 is 0 Å². The van der Waals surface area contributed by atoms with Gasteiger partial charge in [-0.25, -0.2) is 0 Å². The highest BCUT2D eigenvalue weighted by Gasteiger charge is 2.53. The van der Waals surface area contributed by atoms with Crippen LogP contribution in [0.2, 0.25) is 0 Å². The Labute approximate surface area is 90.2 Å². The first-order valence-electron chi connectivity index (χ1n) is 5.85. The highest BCUT2D eigenvalue weighted by atomic mass is 16.8. The minimum atomic E-state index is -0.533. The molecule has 0 bridgehead atoms. The van der Waals surface area contributed by atoms with Crippen LogP contribution in [0.5, 0.6) is 0 Å². The Bertz CT molecular complexity index is 269. The summed E-state index contributed by atoms with van der Waals surface area (Å²) in [6.07, 6.45) is 1.93. The average Bonchev–Trinajstić information content (AvgIpc) is 2.67. The van der Waals surface area contributed by atoms with Crippen molar-refractivity contribution in [2.75, 3.05) is 13.1 Å². The summed E-state index contributed by atoms with van der Waals surface area (Å²) in [6.45, 7) is 5.69. The molecule has 0 aromatic carbocycles. The zero-order valence-corrected chi connectivity index (χ0v) is 9.35. The quantitative estimate of drug-likeness (QED) is 0.630. The molecule has 3 aliphatic heterocycles. The number of fused-ring (bicyclic) bond motifs is 3. The van der Waals surface area contributed by atoms with E-state index in [4.69, 9.17) is 9.47 Å². The van der Waals surface area contributed by atoms with Gasteiger partial charge in [-0.2, -0.15) is 0 Å². The number of piperidine rings is 1. The molecule has 3 fully saturated rings. The largest absolute Gasteiger partial charge is 0.389 e. The fourth-order valence-corrected chi connectivity index (χ4v) is 3.21. The van der Waals surface area contributed by atoms with Gasteiger partial charge < -0.3 is 14.6 Å². The van der Waals surface area contributed by atoms with Crippen molar-refractivity contribution >= 4 is 0 Å². The van der Waals surface area contributed by atoms with Gasteiger partial charge in [0, 0.05) is 12.6 Å². The molecular formula is C11H19NO3. The smallest absolute Gasteiger partial charge is 0.163 e. The predicted octanol–water partition coefficient (Wildman–Crippen LogP) is 0.345. The van der Waals surface area contributed by atoms with Gasteiger partial charge in [0.25, 0.3) is 0 Å². The Balaban J connectivity index is 1.85. The SMILES string of the molecule is CC1(C)O[C@@H]2[C@H](O1)[C@H](O)CN1CCC[C@H]21. The first-order chi connectivity index (χ1) is 7.07. The lowest BCUT2D eigenvalue weighted by Gasteiger charge is -2.39. The second kappa shape index (κ2) is 3.17. The molecule has 0 saturated carbocycles. The summed E-state index contributed by atoms with van der Waals surface area (Å²) in [6, 6.07) is 0.458. The summed E-state index contributed by atoms with van der Waals surface area (Å²) in [5, 5.41) is 10.0. The second-order valence-electron chi connectivity index (χ2n) is 5.34. The number of ether oxygens (including phenoxy) is 2. The van der Waals surface area contributed by atoms with Crippen LogP contribution in [0.25, 0.3) is 0 Å². The third-order valence-electron chi connectivity index (χ3n) is 3.76. The molecule has 4 nitrogen and oxygen atoms in total. The van der Waals surface area contributed by atoms with Gasteiger partial charge in [-0.15, -0.1) is 0 Å². The molecule has 3 rings (SSSR count). The molecule has 3 aliphatic rings. The van der Waals surface area contributed by atoms with Gasteiger partial charge in [-0.05, 0) is 33.2 Å². The number of nitrogens with zero attached hydrogens (tertiary/aromatic N) is 1. The number of rotatable bonds is 0. The number of hydrogen-bond acceptors (Lipinski definition) is 4. The lowest BCUT2D eigenvalue weighted by Crippen LogP contribution is -2.57. The maximum absolute atomic E-state index is 10.0. The van der Waals surface area contributed by atoms with Gasteiger partial charge in [0.15, 0.2) is 5.79 Å². The van der Waals surface area contributed by atoms with Crippen LogP contribution >= 0.6 is 0 Å². The van der Waals surface area contributed by atoms with Gasteiger partial charge >= 0.3 is 0 Å². The highest BCUT2D eigenvalue weighted by Crippen LogP contribution is 2.39. The minimum Gasteiger partial charge on any atom is -0.389 e. The normalized spacial score (nSPS) is 49.0. The van der Waals surface area contributed by atoms with E-state index in [0.717, 1.165) is 13.1 Å². The van der Waals surface area contributed by atoms with Crippen molar-refractivity contribution in [1.29, 1.82) is 0 Å². The maximum atomic E-state index is 10.0. The van der Waals surface area contributed by atoms with E-state index in [1.165, 1.54) is 12.8 Å². The third kappa shape index (κ3) is 1.51. The van der Waals surface area contributed by atoms with E-state index in [0.29, 0.717) is 6.04 Å². The monoisotopic (exact) mass is 213 g/mol. The fourth-order valence-electron chi connectivity index (χ4n) is 3.21. The van der Waals surface area contributed by atoms with Crippen LogP contribution in [0, 0.1) is 0 Å². The lowest BCUT2D eigenvalue weighted by molar-refractivity contribution is -0.153. The Hall–Kier alpha value is -0.160. The van der Waals surface area contributed by atoms with Gasteiger partial charge in [-0.1, -0.05) is 0 Å². The molecule has 0 amide bonds. The third-order valence-corrected chi connectivity index (χ3v) is 3.76. The van der Waals surface area contributed by atoms with Crippen molar-refractivity contribution in [1.82, 2.24) is 4.90 Å². The van der Waals surface area contributed by atoms with Crippen LogP contribution in [-0.2, 0) is 9.47 Å². The molecule has 0 aromatic heterocycles. The van der Waals surface area contributed by atoms with E-state index < -0.39 is 11.9 Å². The van der Waals surface area contributed by atoms with E-state index in [-0.39, 0.29) is 12.2 Å². The van der Waals surface area contributed by atoms with Crippen molar-refractivity contribution < 1.29 is 14.6 Å². The standard InChI is InChI=1S/C11H19NO3/c1-11(2)14-9-7-4-3-5-12(7)6-8(13)10(9)15-11/h7-10,13H,3-6H2,1-2H3/t7-,8-,9+,10-/m1/s1. The molecule has 4 heteroatoms. The van der Waals surface area contributed by atoms with Crippen LogP contribution in [0.3, 0.4) is 0 Å². The lowest BCUT2D eigenvalue weighted by atomic mass is 9.94. The van der Waals surface area contributed by atoms with Crippen molar-refractivity contribution in [3.63, 3.8) is 0 Å². The van der Waals surface area contributed by atoms with Crippen molar-refractivity contribution in [2.45, 2.75) is 56.8 Å². The fraction of sp³-hybridized carbons (Fsp3) is 1.00. The van der Waals surface area contributed by atoms with Crippen LogP contribution in [0.4, 0.5) is 0 Å². The molecule has 1 N–H and O–H groups in total. The summed E-state index contributed by atoms with van der Waals surface area (Å²) in [5.74, 6) is -0.533. The summed E-state index contributed by atoms with van der Waals surface area (Å²) >= 11 is 0. The topological polar surface area (TPSA) is 41.9 Å². The Kier molecular flexibility index (Phi) is 2.12. The Morgan fingerprint density at radius 2 is 2.00 bits per heavy atom. The Morgan fingerprint density at radius 1 is 1.27 bits per heavy atom. The summed E-state index contributed by atoms with van der Waals surface area (Å²) in [4.78, 5) is 2.34. The molecule has 3 heterocycles. The first-order valence-corrected chi connectivity index (χ1v) is 5.85. The van der Waals surface area contributed by atoms with E-state index in [1.54, 1.807) is 0 Å². The average molecular weight is 213 g/mol. The number of aliphatic hydroxyl groups is 1. The molecule has 86 valence electrons. The van der Waals surface area contributed by atoms with E-state index in [1.807, 2.05) is 13.8 Å². The van der Waals surface area contributed by atoms with Crippen molar-refractivity contribution in [3.8, 4) is 0 Å². The molecule has 0 unspecified atom stereocenters.